The molecular weight excluding hydrogens is 458 g/mol. The summed E-state index contributed by atoms with van der Waals surface area (Å²) in [5, 5.41) is 4.03. The molecule has 2 rings (SSSR count). The van der Waals surface area contributed by atoms with E-state index >= 15 is 0 Å². The van der Waals surface area contributed by atoms with Crippen molar-refractivity contribution in [3.63, 3.8) is 0 Å². The molecule has 0 aliphatic rings. The van der Waals surface area contributed by atoms with Crippen molar-refractivity contribution in [1.82, 2.24) is 15.8 Å². The zero-order valence-electron chi connectivity index (χ0n) is 20.9. The van der Waals surface area contributed by atoms with Crippen LogP contribution in [0.4, 0.5) is 0 Å². The highest BCUT2D eigenvalue weighted by Gasteiger charge is 2.25. The Hall–Kier alpha value is -3.85. The van der Waals surface area contributed by atoms with Crippen molar-refractivity contribution >= 4 is 29.2 Å². The molecule has 0 aliphatic carbocycles. The maximum absolute atomic E-state index is 13.2. The molecule has 36 heavy (non-hydrogen) atoms. The Labute approximate surface area is 212 Å². The van der Waals surface area contributed by atoms with Crippen LogP contribution in [-0.2, 0) is 32.3 Å². The van der Waals surface area contributed by atoms with Crippen molar-refractivity contribution < 1.29 is 19.2 Å². The van der Waals surface area contributed by atoms with Gasteiger partial charge >= 0.3 is 11.8 Å². The highest BCUT2D eigenvalue weighted by molar-refractivity contribution is 6.34. The van der Waals surface area contributed by atoms with Gasteiger partial charge in [0.2, 0.25) is 5.91 Å². The minimum absolute atomic E-state index is 0.0530. The number of hydrogen-bond acceptors (Lipinski definition) is 6. The number of hydrazone groups is 1. The lowest BCUT2D eigenvalue weighted by molar-refractivity contribution is -0.139. The van der Waals surface area contributed by atoms with Gasteiger partial charge < -0.3 is 4.90 Å². The van der Waals surface area contributed by atoms with Crippen LogP contribution in [0.5, 0.6) is 0 Å². The van der Waals surface area contributed by atoms with Gasteiger partial charge in [0.25, 0.3) is 0 Å². The molecule has 192 valence electrons. The summed E-state index contributed by atoms with van der Waals surface area (Å²) in [4.78, 5) is 51.1. The third kappa shape index (κ3) is 9.07. The molecule has 9 heteroatoms. The second-order valence-corrected chi connectivity index (χ2v) is 8.42. The van der Waals surface area contributed by atoms with Crippen LogP contribution in [0.1, 0.15) is 57.1 Å². The number of ketones is 1. The molecule has 0 saturated carbocycles. The number of carbonyl (C=O) groups is 4. The monoisotopic (exact) mass is 493 g/mol. The van der Waals surface area contributed by atoms with Gasteiger partial charge in [-0.1, -0.05) is 80.9 Å². The van der Waals surface area contributed by atoms with Crippen molar-refractivity contribution in [3.05, 3.63) is 71.8 Å². The number of amides is 3. The van der Waals surface area contributed by atoms with E-state index < -0.39 is 17.7 Å². The largest absolute Gasteiger partial charge is 0.334 e. The third-order valence-electron chi connectivity index (χ3n) is 5.71. The van der Waals surface area contributed by atoms with Crippen molar-refractivity contribution in [2.45, 2.75) is 59.0 Å². The quantitative estimate of drug-likeness (QED) is 0.130. The highest BCUT2D eigenvalue weighted by atomic mass is 16.2. The molecule has 0 aromatic heterocycles. The van der Waals surface area contributed by atoms with Crippen LogP contribution >= 0.6 is 0 Å². The number of nitrogens with two attached hydrogens (primary N) is 1. The number of Topliss-reactive ketones (excluding diaryl/α,β-unsaturated/α-hetero) is 1. The second kappa shape index (κ2) is 15.2. The van der Waals surface area contributed by atoms with Crippen LogP contribution in [0.15, 0.2) is 65.8 Å². The summed E-state index contributed by atoms with van der Waals surface area (Å²) in [7, 11) is 0. The van der Waals surface area contributed by atoms with Gasteiger partial charge in [-0.15, -0.1) is 0 Å². The van der Waals surface area contributed by atoms with E-state index in [1.54, 1.807) is 10.3 Å². The van der Waals surface area contributed by atoms with E-state index in [4.69, 9.17) is 5.84 Å². The predicted octanol–water partition coefficient (Wildman–Crippen LogP) is 2.85. The van der Waals surface area contributed by atoms with Crippen molar-refractivity contribution in [2.24, 2.45) is 16.9 Å². The number of hydrazine groups is 1. The summed E-state index contributed by atoms with van der Waals surface area (Å²) >= 11 is 0. The first kappa shape index (κ1) is 28.4. The zero-order valence-corrected chi connectivity index (χ0v) is 20.9. The van der Waals surface area contributed by atoms with E-state index in [9.17, 15) is 19.2 Å². The number of hydrogen-bond donors (Lipinski definition) is 3. The van der Waals surface area contributed by atoms with E-state index in [2.05, 4.69) is 10.5 Å². The van der Waals surface area contributed by atoms with Gasteiger partial charge in [0.15, 0.2) is 0 Å². The molecule has 2 aromatic rings. The lowest BCUT2D eigenvalue weighted by Crippen LogP contribution is -2.42. The SMILES string of the molecule is CCCC(=NNC(=O)C(=O)NN)C(CC)C(=O)CCC(=O)N(Cc1ccccc1)Cc1ccccc1. The first-order chi connectivity index (χ1) is 17.4. The molecule has 2 aromatic carbocycles. The standard InChI is InChI=1S/C27H35N5O4/c1-3-11-23(30-31-27(36)26(35)29-28)22(4-2)24(33)16-17-25(34)32(18-20-12-7-5-8-13-20)19-21-14-9-6-10-15-21/h5-10,12-15,22H,3-4,11,16-19,28H2,1-2H3,(H,29,35)(H,31,36). The molecule has 1 unspecified atom stereocenters. The van der Waals surface area contributed by atoms with Crippen LogP contribution in [0.25, 0.3) is 0 Å². The molecular formula is C27H35N5O4. The normalized spacial score (nSPS) is 11.9. The van der Waals surface area contributed by atoms with Crippen molar-refractivity contribution in [2.75, 3.05) is 0 Å². The fourth-order valence-corrected chi connectivity index (χ4v) is 3.85. The minimum atomic E-state index is -1.03. The fraction of sp³-hybridized carbons (Fsp3) is 0.370. The first-order valence-electron chi connectivity index (χ1n) is 12.1. The lowest BCUT2D eigenvalue weighted by atomic mass is 9.90. The third-order valence-corrected chi connectivity index (χ3v) is 5.71. The summed E-state index contributed by atoms with van der Waals surface area (Å²) in [6.45, 7) is 4.66. The van der Waals surface area contributed by atoms with Gasteiger partial charge in [0.05, 0.1) is 5.92 Å². The molecule has 0 radical (unpaired) electrons. The number of benzene rings is 2. The topological polar surface area (TPSA) is 134 Å². The van der Waals surface area contributed by atoms with E-state index in [1.807, 2.05) is 74.5 Å². The van der Waals surface area contributed by atoms with Crippen LogP contribution in [0, 0.1) is 5.92 Å². The molecule has 0 bridgehead atoms. The first-order valence-corrected chi connectivity index (χ1v) is 12.1. The number of carbonyl (C=O) groups excluding carboxylic acids is 4. The fourth-order valence-electron chi connectivity index (χ4n) is 3.85. The minimum Gasteiger partial charge on any atom is -0.334 e. The van der Waals surface area contributed by atoms with E-state index in [-0.39, 0.29) is 24.5 Å². The van der Waals surface area contributed by atoms with Crippen LogP contribution in [0.3, 0.4) is 0 Å². The average molecular weight is 494 g/mol. The summed E-state index contributed by atoms with van der Waals surface area (Å²) in [5.74, 6) is 2.11. The maximum atomic E-state index is 13.2. The van der Waals surface area contributed by atoms with Gasteiger partial charge in [-0.2, -0.15) is 5.10 Å². The Balaban J connectivity index is 2.10. The average Bonchev–Trinajstić information content (AvgIpc) is 2.90. The van der Waals surface area contributed by atoms with Gasteiger partial charge in [0, 0.05) is 31.6 Å². The molecule has 0 saturated heterocycles. The number of nitrogens with zero attached hydrogens (tertiary/aromatic N) is 2. The number of nitrogens with one attached hydrogen (secondary N) is 2. The second-order valence-electron chi connectivity index (χ2n) is 8.42. The molecule has 1 atom stereocenters. The van der Waals surface area contributed by atoms with Gasteiger partial charge in [-0.05, 0) is 24.0 Å². The molecule has 0 spiro atoms. The van der Waals surface area contributed by atoms with Crippen LogP contribution < -0.4 is 16.7 Å². The molecule has 0 aliphatic heterocycles. The Kier molecular flexibility index (Phi) is 12.0. The molecule has 9 nitrogen and oxygen atoms in total. The van der Waals surface area contributed by atoms with Crippen molar-refractivity contribution in [1.29, 1.82) is 0 Å². The molecule has 0 heterocycles. The van der Waals surface area contributed by atoms with E-state index in [0.717, 1.165) is 11.1 Å². The predicted molar refractivity (Wildman–Crippen MR) is 138 cm³/mol. The molecule has 0 fully saturated rings. The van der Waals surface area contributed by atoms with Gasteiger partial charge in [-0.25, -0.2) is 11.3 Å². The Bertz CT molecular complexity index is 999. The lowest BCUT2D eigenvalue weighted by Gasteiger charge is -2.24. The molecule has 4 N–H and O–H groups in total. The summed E-state index contributed by atoms with van der Waals surface area (Å²) in [6.07, 6.45) is 1.75. The van der Waals surface area contributed by atoms with Gasteiger partial charge in [0.1, 0.15) is 5.78 Å². The van der Waals surface area contributed by atoms with Gasteiger partial charge in [-0.3, -0.25) is 24.6 Å². The van der Waals surface area contributed by atoms with Crippen LogP contribution in [0.2, 0.25) is 0 Å². The van der Waals surface area contributed by atoms with E-state index in [0.29, 0.717) is 38.1 Å². The summed E-state index contributed by atoms with van der Waals surface area (Å²) in [5.41, 5.74) is 6.38. The Morgan fingerprint density at radius 1 is 0.833 bits per heavy atom. The van der Waals surface area contributed by atoms with Crippen LogP contribution in [-0.4, -0.2) is 34.1 Å². The van der Waals surface area contributed by atoms with E-state index in [1.165, 1.54) is 0 Å². The maximum Gasteiger partial charge on any atom is 0.330 e. The zero-order chi connectivity index (χ0) is 26.3. The Morgan fingerprint density at radius 3 is 1.86 bits per heavy atom. The number of rotatable bonds is 13. The Morgan fingerprint density at radius 2 is 1.39 bits per heavy atom. The highest BCUT2D eigenvalue weighted by Crippen LogP contribution is 2.17. The molecule has 3 amide bonds. The summed E-state index contributed by atoms with van der Waals surface area (Å²) < 4.78 is 0. The smallest absolute Gasteiger partial charge is 0.330 e. The summed E-state index contributed by atoms with van der Waals surface area (Å²) in [6, 6.07) is 19.5. The van der Waals surface area contributed by atoms with Crippen molar-refractivity contribution in [3.8, 4) is 0 Å².